The molecule has 2 unspecified atom stereocenters. The Morgan fingerprint density at radius 3 is 2.68 bits per heavy atom. The van der Waals surface area contributed by atoms with Gasteiger partial charge in [-0.2, -0.15) is 11.8 Å². The number of nitrogens with one attached hydrogen (secondary N) is 1. The van der Waals surface area contributed by atoms with Crippen molar-refractivity contribution >= 4 is 11.8 Å². The standard InChI is InChI=1S/C16H34N2S/c1-4-10-17-16-9-12-18(14-15(16)2)11-7-5-6-8-13-19-3/h15-17H,4-14H2,1-3H3. The molecule has 114 valence electrons. The molecule has 3 heteroatoms. The maximum atomic E-state index is 3.70. The van der Waals surface area contributed by atoms with Gasteiger partial charge in [-0.15, -0.1) is 0 Å². The van der Waals surface area contributed by atoms with Gasteiger partial charge in [0, 0.05) is 12.6 Å². The van der Waals surface area contributed by atoms with Gasteiger partial charge in [0.05, 0.1) is 0 Å². The van der Waals surface area contributed by atoms with E-state index in [-0.39, 0.29) is 0 Å². The van der Waals surface area contributed by atoms with Crippen LogP contribution in [-0.4, -0.2) is 49.1 Å². The first-order valence-electron chi connectivity index (χ1n) is 8.22. The predicted molar refractivity (Wildman–Crippen MR) is 89.2 cm³/mol. The number of hydrogen-bond donors (Lipinski definition) is 1. The molecule has 1 aliphatic heterocycles. The van der Waals surface area contributed by atoms with Crippen LogP contribution in [0.2, 0.25) is 0 Å². The van der Waals surface area contributed by atoms with Crippen molar-refractivity contribution in [2.75, 3.05) is 38.2 Å². The lowest BCUT2D eigenvalue weighted by molar-refractivity contribution is 0.145. The summed E-state index contributed by atoms with van der Waals surface area (Å²) < 4.78 is 0. The van der Waals surface area contributed by atoms with E-state index < -0.39 is 0 Å². The summed E-state index contributed by atoms with van der Waals surface area (Å²) in [6.45, 7) is 9.78. The first-order valence-corrected chi connectivity index (χ1v) is 9.62. The van der Waals surface area contributed by atoms with Gasteiger partial charge >= 0.3 is 0 Å². The average Bonchev–Trinajstić information content (AvgIpc) is 2.42. The molecule has 1 N–H and O–H groups in total. The fourth-order valence-corrected chi connectivity index (χ4v) is 3.50. The third kappa shape index (κ3) is 7.57. The van der Waals surface area contributed by atoms with Crippen LogP contribution < -0.4 is 5.32 Å². The Bertz CT molecular complexity index is 211. The third-order valence-electron chi connectivity index (χ3n) is 4.22. The minimum atomic E-state index is 0.762. The van der Waals surface area contributed by atoms with Crippen molar-refractivity contribution in [3.8, 4) is 0 Å². The summed E-state index contributed by atoms with van der Waals surface area (Å²) in [4.78, 5) is 2.68. The van der Waals surface area contributed by atoms with E-state index in [1.165, 1.54) is 70.5 Å². The summed E-state index contributed by atoms with van der Waals surface area (Å²) in [7, 11) is 0. The number of nitrogens with zero attached hydrogens (tertiary/aromatic N) is 1. The molecule has 1 fully saturated rings. The molecule has 0 spiro atoms. The van der Waals surface area contributed by atoms with Gasteiger partial charge in [0.15, 0.2) is 0 Å². The molecule has 0 aromatic heterocycles. The second-order valence-corrected chi connectivity index (χ2v) is 7.02. The van der Waals surface area contributed by atoms with Crippen molar-refractivity contribution in [3.05, 3.63) is 0 Å². The van der Waals surface area contributed by atoms with Crippen LogP contribution >= 0.6 is 11.8 Å². The van der Waals surface area contributed by atoms with E-state index in [1.54, 1.807) is 0 Å². The molecule has 0 radical (unpaired) electrons. The van der Waals surface area contributed by atoms with Crippen LogP contribution in [-0.2, 0) is 0 Å². The van der Waals surface area contributed by atoms with Crippen molar-refractivity contribution < 1.29 is 0 Å². The van der Waals surface area contributed by atoms with Gasteiger partial charge in [0.1, 0.15) is 0 Å². The Balaban J connectivity index is 2.04. The van der Waals surface area contributed by atoms with Crippen LogP contribution in [0.5, 0.6) is 0 Å². The number of likely N-dealkylation sites (tertiary alicyclic amines) is 1. The van der Waals surface area contributed by atoms with Crippen molar-refractivity contribution in [1.82, 2.24) is 10.2 Å². The van der Waals surface area contributed by atoms with Crippen LogP contribution in [0, 0.1) is 5.92 Å². The Morgan fingerprint density at radius 2 is 2.00 bits per heavy atom. The molecule has 0 amide bonds. The molecule has 0 aromatic rings. The van der Waals surface area contributed by atoms with Gasteiger partial charge in [-0.05, 0) is 63.2 Å². The van der Waals surface area contributed by atoms with E-state index in [0.29, 0.717) is 0 Å². The minimum Gasteiger partial charge on any atom is -0.314 e. The molecular weight excluding hydrogens is 252 g/mol. The molecule has 1 aliphatic rings. The number of hydrogen-bond acceptors (Lipinski definition) is 3. The molecular formula is C16H34N2S. The van der Waals surface area contributed by atoms with E-state index in [0.717, 1.165) is 12.0 Å². The first-order chi connectivity index (χ1) is 9.27. The minimum absolute atomic E-state index is 0.762. The molecule has 19 heavy (non-hydrogen) atoms. The van der Waals surface area contributed by atoms with Gasteiger partial charge in [0.2, 0.25) is 0 Å². The van der Waals surface area contributed by atoms with E-state index in [9.17, 15) is 0 Å². The SMILES string of the molecule is CCCNC1CCN(CCCCCCSC)CC1C. The molecule has 1 rings (SSSR count). The molecule has 0 saturated carbocycles. The van der Waals surface area contributed by atoms with Gasteiger partial charge in [0.25, 0.3) is 0 Å². The third-order valence-corrected chi connectivity index (χ3v) is 4.92. The summed E-state index contributed by atoms with van der Waals surface area (Å²) in [6, 6.07) is 0.762. The summed E-state index contributed by atoms with van der Waals surface area (Å²) in [5.74, 6) is 2.16. The number of unbranched alkanes of at least 4 members (excludes halogenated alkanes) is 3. The Kier molecular flexibility index (Phi) is 10.0. The fourth-order valence-electron chi connectivity index (χ4n) is 3.00. The van der Waals surface area contributed by atoms with Crippen molar-refractivity contribution in [2.24, 2.45) is 5.92 Å². The van der Waals surface area contributed by atoms with E-state index >= 15 is 0 Å². The van der Waals surface area contributed by atoms with E-state index in [2.05, 4.69) is 30.3 Å². The fraction of sp³-hybridized carbons (Fsp3) is 1.00. The largest absolute Gasteiger partial charge is 0.314 e. The van der Waals surface area contributed by atoms with Crippen molar-refractivity contribution in [3.63, 3.8) is 0 Å². The van der Waals surface area contributed by atoms with Crippen LogP contribution in [0.25, 0.3) is 0 Å². The number of rotatable bonds is 10. The second kappa shape index (κ2) is 11.0. The number of piperidine rings is 1. The van der Waals surface area contributed by atoms with E-state index in [4.69, 9.17) is 0 Å². The zero-order chi connectivity index (χ0) is 13.9. The maximum absolute atomic E-state index is 3.70. The summed E-state index contributed by atoms with van der Waals surface area (Å²) in [5.41, 5.74) is 0. The van der Waals surface area contributed by atoms with Gasteiger partial charge in [-0.1, -0.05) is 26.7 Å². The average molecular weight is 287 g/mol. The van der Waals surface area contributed by atoms with Crippen molar-refractivity contribution in [2.45, 2.75) is 58.4 Å². The summed E-state index contributed by atoms with van der Waals surface area (Å²) >= 11 is 1.98. The van der Waals surface area contributed by atoms with Gasteiger partial charge < -0.3 is 10.2 Å². The normalized spacial score (nSPS) is 24.8. The summed E-state index contributed by atoms with van der Waals surface area (Å²) in [6.07, 6.45) is 10.4. The topological polar surface area (TPSA) is 15.3 Å². The highest BCUT2D eigenvalue weighted by atomic mass is 32.2. The molecule has 1 heterocycles. The lowest BCUT2D eigenvalue weighted by Crippen LogP contribution is -2.48. The van der Waals surface area contributed by atoms with Crippen LogP contribution in [0.4, 0.5) is 0 Å². The highest BCUT2D eigenvalue weighted by molar-refractivity contribution is 7.98. The van der Waals surface area contributed by atoms with Crippen LogP contribution in [0.15, 0.2) is 0 Å². The highest BCUT2D eigenvalue weighted by Crippen LogP contribution is 2.17. The van der Waals surface area contributed by atoms with Crippen LogP contribution in [0.1, 0.15) is 52.4 Å². The monoisotopic (exact) mass is 286 g/mol. The van der Waals surface area contributed by atoms with Gasteiger partial charge in [-0.25, -0.2) is 0 Å². The zero-order valence-electron chi connectivity index (χ0n) is 13.3. The van der Waals surface area contributed by atoms with Crippen LogP contribution in [0.3, 0.4) is 0 Å². The quantitative estimate of drug-likeness (QED) is 0.618. The lowest BCUT2D eigenvalue weighted by Gasteiger charge is -2.37. The Hall–Kier alpha value is 0.270. The van der Waals surface area contributed by atoms with Crippen molar-refractivity contribution in [1.29, 1.82) is 0 Å². The number of thioether (sulfide) groups is 1. The molecule has 2 nitrogen and oxygen atoms in total. The molecule has 1 saturated heterocycles. The highest BCUT2D eigenvalue weighted by Gasteiger charge is 2.24. The maximum Gasteiger partial charge on any atom is 0.0117 e. The molecule has 0 aromatic carbocycles. The first kappa shape index (κ1) is 17.3. The smallest absolute Gasteiger partial charge is 0.0117 e. The molecule has 0 aliphatic carbocycles. The van der Waals surface area contributed by atoms with E-state index in [1.807, 2.05) is 11.8 Å². The predicted octanol–water partition coefficient (Wildman–Crippen LogP) is 3.62. The Morgan fingerprint density at radius 1 is 1.21 bits per heavy atom. The van der Waals surface area contributed by atoms with Gasteiger partial charge in [-0.3, -0.25) is 0 Å². The zero-order valence-corrected chi connectivity index (χ0v) is 14.1. The summed E-state index contributed by atoms with van der Waals surface area (Å²) in [5, 5.41) is 3.70. The molecule has 0 bridgehead atoms. The lowest BCUT2D eigenvalue weighted by atomic mass is 9.93. The Labute approximate surface area is 125 Å². The second-order valence-electron chi connectivity index (χ2n) is 6.03. The molecule has 2 atom stereocenters.